The van der Waals surface area contributed by atoms with Gasteiger partial charge in [0.25, 0.3) is 0 Å². The van der Waals surface area contributed by atoms with E-state index in [1.54, 1.807) is 0 Å². The lowest BCUT2D eigenvalue weighted by Crippen LogP contribution is -2.29. The Morgan fingerprint density at radius 3 is 2.09 bits per heavy atom. The Labute approximate surface area is 142 Å². The van der Waals surface area contributed by atoms with Crippen LogP contribution in [0.25, 0.3) is 0 Å². The van der Waals surface area contributed by atoms with Crippen LogP contribution in [0.4, 0.5) is 0 Å². The molecular formula is C20H33BO2. The maximum atomic E-state index is 9.17. The fourth-order valence-electron chi connectivity index (χ4n) is 3.94. The monoisotopic (exact) mass is 316 g/mol. The van der Waals surface area contributed by atoms with Crippen molar-refractivity contribution in [1.29, 1.82) is 0 Å². The van der Waals surface area contributed by atoms with E-state index < -0.39 is 7.12 Å². The van der Waals surface area contributed by atoms with Crippen LogP contribution in [0.15, 0.2) is 24.3 Å². The van der Waals surface area contributed by atoms with E-state index in [-0.39, 0.29) is 0 Å². The number of unbranched alkanes of at least 4 members (excludes halogenated alkanes) is 5. The van der Waals surface area contributed by atoms with Gasteiger partial charge in [0.05, 0.1) is 0 Å². The maximum Gasteiger partial charge on any atom is 0.488 e. The minimum atomic E-state index is -1.35. The summed E-state index contributed by atoms with van der Waals surface area (Å²) in [6.45, 7) is 2.28. The lowest BCUT2D eigenvalue weighted by molar-refractivity contribution is 0.302. The molecule has 0 radical (unpaired) electrons. The summed E-state index contributed by atoms with van der Waals surface area (Å²) in [6.07, 6.45) is 15.2. The van der Waals surface area contributed by atoms with Gasteiger partial charge in [0, 0.05) is 0 Å². The van der Waals surface area contributed by atoms with Crippen molar-refractivity contribution in [2.75, 3.05) is 0 Å². The van der Waals surface area contributed by atoms with Crippen LogP contribution in [0, 0.1) is 5.92 Å². The van der Waals surface area contributed by atoms with Crippen molar-refractivity contribution in [1.82, 2.24) is 0 Å². The Balaban J connectivity index is 1.65. The highest BCUT2D eigenvalue weighted by Gasteiger charge is 2.22. The molecule has 1 aliphatic carbocycles. The number of hydrogen-bond acceptors (Lipinski definition) is 2. The maximum absolute atomic E-state index is 9.17. The Bertz CT molecular complexity index is 422. The number of rotatable bonds is 9. The largest absolute Gasteiger partial charge is 0.488 e. The van der Waals surface area contributed by atoms with Gasteiger partial charge in [-0.15, -0.1) is 0 Å². The Kier molecular flexibility index (Phi) is 8.18. The molecule has 2 nitrogen and oxygen atoms in total. The van der Waals surface area contributed by atoms with Gasteiger partial charge in [-0.25, -0.2) is 0 Å². The van der Waals surface area contributed by atoms with E-state index in [1.165, 1.54) is 76.2 Å². The molecular weight excluding hydrogens is 283 g/mol. The highest BCUT2D eigenvalue weighted by molar-refractivity contribution is 6.58. The predicted octanol–water partition coefficient (Wildman–Crippen LogP) is 4.39. The van der Waals surface area contributed by atoms with E-state index in [4.69, 9.17) is 10.0 Å². The van der Waals surface area contributed by atoms with Crippen molar-refractivity contribution >= 4 is 12.6 Å². The fourth-order valence-corrected chi connectivity index (χ4v) is 3.94. The van der Waals surface area contributed by atoms with Crippen LogP contribution in [0.3, 0.4) is 0 Å². The average Bonchev–Trinajstić information content (AvgIpc) is 2.58. The molecule has 2 N–H and O–H groups in total. The van der Waals surface area contributed by atoms with Crippen molar-refractivity contribution in [2.45, 2.75) is 83.5 Å². The smallest absolute Gasteiger partial charge is 0.423 e. The summed E-state index contributed by atoms with van der Waals surface area (Å²) in [5.74, 6) is 1.61. The first kappa shape index (κ1) is 18.5. The van der Waals surface area contributed by atoms with Crippen molar-refractivity contribution < 1.29 is 10.0 Å². The van der Waals surface area contributed by atoms with Gasteiger partial charge < -0.3 is 10.0 Å². The Morgan fingerprint density at radius 2 is 1.48 bits per heavy atom. The second-order valence-corrected chi connectivity index (χ2v) is 7.31. The molecule has 3 heteroatoms. The van der Waals surface area contributed by atoms with Gasteiger partial charge in [-0.05, 0) is 48.5 Å². The molecule has 0 unspecified atom stereocenters. The molecule has 0 heterocycles. The van der Waals surface area contributed by atoms with E-state index in [2.05, 4.69) is 19.1 Å². The van der Waals surface area contributed by atoms with Crippen LogP contribution >= 0.6 is 0 Å². The standard InChI is InChI=1S/C20H33BO2/c1-2-3-4-5-6-7-8-17-9-11-18(12-10-17)19-13-15-20(16-14-19)21(22)23/h13-18,22-23H,2-12H2,1H3. The van der Waals surface area contributed by atoms with Crippen LogP contribution < -0.4 is 5.46 Å². The summed E-state index contributed by atoms with van der Waals surface area (Å²) in [7, 11) is -1.35. The van der Waals surface area contributed by atoms with Crippen molar-refractivity contribution in [3.05, 3.63) is 29.8 Å². The molecule has 0 bridgehead atoms. The first-order valence-electron chi connectivity index (χ1n) is 9.66. The van der Waals surface area contributed by atoms with E-state index in [9.17, 15) is 0 Å². The number of benzene rings is 1. The first-order chi connectivity index (χ1) is 11.2. The molecule has 1 aliphatic rings. The van der Waals surface area contributed by atoms with Gasteiger partial charge in [0.15, 0.2) is 0 Å². The molecule has 0 amide bonds. The zero-order valence-electron chi connectivity index (χ0n) is 14.7. The lowest BCUT2D eigenvalue weighted by atomic mass is 9.75. The molecule has 0 aromatic heterocycles. The Morgan fingerprint density at radius 1 is 0.870 bits per heavy atom. The van der Waals surface area contributed by atoms with Crippen molar-refractivity contribution in [3.63, 3.8) is 0 Å². The van der Waals surface area contributed by atoms with Crippen LogP contribution in [0.5, 0.6) is 0 Å². The molecule has 2 rings (SSSR count). The first-order valence-corrected chi connectivity index (χ1v) is 9.66. The average molecular weight is 316 g/mol. The molecule has 128 valence electrons. The van der Waals surface area contributed by atoms with Gasteiger partial charge in [-0.3, -0.25) is 0 Å². The fraction of sp³-hybridized carbons (Fsp3) is 0.700. The predicted molar refractivity (Wildman–Crippen MR) is 99.0 cm³/mol. The van der Waals surface area contributed by atoms with E-state index in [0.29, 0.717) is 11.4 Å². The molecule has 0 saturated heterocycles. The van der Waals surface area contributed by atoms with Gasteiger partial charge >= 0.3 is 7.12 Å². The van der Waals surface area contributed by atoms with Crippen LogP contribution in [0.2, 0.25) is 0 Å². The third-order valence-electron chi connectivity index (χ3n) is 5.52. The van der Waals surface area contributed by atoms with Crippen LogP contribution in [0.1, 0.15) is 89.0 Å². The zero-order chi connectivity index (χ0) is 16.5. The molecule has 1 saturated carbocycles. The molecule has 0 spiro atoms. The van der Waals surface area contributed by atoms with Gasteiger partial charge in [0.2, 0.25) is 0 Å². The van der Waals surface area contributed by atoms with Crippen molar-refractivity contribution in [3.8, 4) is 0 Å². The van der Waals surface area contributed by atoms with E-state index >= 15 is 0 Å². The zero-order valence-corrected chi connectivity index (χ0v) is 14.7. The topological polar surface area (TPSA) is 40.5 Å². The second kappa shape index (κ2) is 10.1. The Hall–Kier alpha value is -0.795. The van der Waals surface area contributed by atoms with Crippen molar-refractivity contribution in [2.24, 2.45) is 5.92 Å². The van der Waals surface area contributed by atoms with Gasteiger partial charge in [-0.2, -0.15) is 0 Å². The summed E-state index contributed by atoms with van der Waals surface area (Å²) in [4.78, 5) is 0. The summed E-state index contributed by atoms with van der Waals surface area (Å²) in [6, 6.07) is 7.85. The van der Waals surface area contributed by atoms with E-state index in [0.717, 1.165) is 5.92 Å². The minimum Gasteiger partial charge on any atom is -0.423 e. The third-order valence-corrected chi connectivity index (χ3v) is 5.52. The van der Waals surface area contributed by atoms with Gasteiger partial charge in [0.1, 0.15) is 0 Å². The van der Waals surface area contributed by atoms with Crippen LogP contribution in [-0.2, 0) is 0 Å². The minimum absolute atomic E-state index is 0.588. The third kappa shape index (κ3) is 6.31. The summed E-state index contributed by atoms with van der Waals surface area (Å²) in [5.41, 5.74) is 1.96. The summed E-state index contributed by atoms with van der Waals surface area (Å²) < 4.78 is 0. The molecule has 1 fully saturated rings. The second-order valence-electron chi connectivity index (χ2n) is 7.31. The summed E-state index contributed by atoms with van der Waals surface area (Å²) >= 11 is 0. The van der Waals surface area contributed by atoms with Gasteiger partial charge in [-0.1, -0.05) is 76.1 Å². The SMILES string of the molecule is CCCCCCCCC1CCC(c2ccc(B(O)O)cc2)CC1. The van der Waals surface area contributed by atoms with E-state index in [1.807, 2.05) is 12.1 Å². The highest BCUT2D eigenvalue weighted by atomic mass is 16.4. The van der Waals surface area contributed by atoms with Crippen LogP contribution in [-0.4, -0.2) is 17.2 Å². The molecule has 1 aromatic carbocycles. The normalized spacial score (nSPS) is 21.3. The summed E-state index contributed by atoms with van der Waals surface area (Å²) in [5, 5.41) is 18.3. The molecule has 0 aliphatic heterocycles. The lowest BCUT2D eigenvalue weighted by Gasteiger charge is -2.29. The molecule has 1 aromatic rings. The highest BCUT2D eigenvalue weighted by Crippen LogP contribution is 2.37. The molecule has 0 atom stereocenters. The number of hydrogen-bond donors (Lipinski definition) is 2. The quantitative estimate of drug-likeness (QED) is 0.524. The molecule has 23 heavy (non-hydrogen) atoms.